The van der Waals surface area contributed by atoms with Crippen LogP contribution in [0.15, 0.2) is 48.0 Å². The smallest absolute Gasteiger partial charge is 0.264 e. The second kappa shape index (κ2) is 19.2. The molecule has 0 radical (unpaired) electrons. The van der Waals surface area contributed by atoms with Gasteiger partial charge in [-0.2, -0.15) is 0 Å². The Bertz CT molecular complexity index is 2200. The number of piperidine rings is 1. The van der Waals surface area contributed by atoms with Crippen LogP contribution in [-0.2, 0) is 44.8 Å². The molecular weight excluding hydrogens is 811 g/mol. The summed E-state index contributed by atoms with van der Waals surface area (Å²) in [7, 11) is 0. The molecule has 2 fully saturated rings. The van der Waals surface area contributed by atoms with Crippen molar-refractivity contribution in [2.24, 2.45) is 5.41 Å². The molecule has 2 aromatic carbocycles. The standard InChI is InChI=1S/C42H49N7O11S/c1-23-35(61-22-44-23)25-11-9-24(10-12-25)18-43-37(54)30-17-26(50)19-48(30)41(58)36(42(2,3)4)46-33(53)21-60-16-6-15-59-20-32(52)45-28-8-5-7-27-34(28)40(57)49(39(27)56)29-13-14-31(51)47-38(29)55/h5,7-12,22,26,29-30,36,50H,6,13-21H2,1-4H3,(H,43,54)(H,45,52)(H,46,53)(H,47,51,55)/t26-,29?,30+,36-/m1/s1. The molecule has 0 saturated carbocycles. The molecule has 18 nitrogen and oxygen atoms in total. The van der Waals surface area contributed by atoms with Crippen LogP contribution in [0.3, 0.4) is 0 Å². The van der Waals surface area contributed by atoms with E-state index < -0.39 is 83.5 Å². The van der Waals surface area contributed by atoms with Gasteiger partial charge in [-0.05, 0) is 48.4 Å². The van der Waals surface area contributed by atoms with Gasteiger partial charge in [0.15, 0.2) is 0 Å². The van der Waals surface area contributed by atoms with Gasteiger partial charge in [0.1, 0.15) is 31.3 Å². The number of benzene rings is 2. The molecule has 3 aromatic rings. The zero-order valence-corrected chi connectivity index (χ0v) is 35.1. The molecule has 0 aliphatic carbocycles. The number of hydrogen-bond acceptors (Lipinski definition) is 13. The minimum atomic E-state index is -1.15. The molecule has 4 heterocycles. The van der Waals surface area contributed by atoms with Gasteiger partial charge in [0.25, 0.3) is 11.8 Å². The number of aliphatic hydroxyl groups is 1. The van der Waals surface area contributed by atoms with Crippen molar-refractivity contribution < 1.29 is 52.9 Å². The summed E-state index contributed by atoms with van der Waals surface area (Å²) in [5.41, 5.74) is 3.89. The van der Waals surface area contributed by atoms with Crippen LogP contribution in [0, 0.1) is 12.3 Å². The quantitative estimate of drug-likeness (QED) is 0.102. The van der Waals surface area contributed by atoms with E-state index in [4.69, 9.17) is 9.47 Å². The molecule has 3 aliphatic rings. The van der Waals surface area contributed by atoms with Crippen molar-refractivity contribution in [2.75, 3.05) is 38.3 Å². The van der Waals surface area contributed by atoms with Crippen molar-refractivity contribution in [3.05, 3.63) is 70.4 Å². The summed E-state index contributed by atoms with van der Waals surface area (Å²) in [6.07, 6.45) is -0.588. The number of fused-ring (bicyclic) bond motifs is 1. The average molecular weight is 860 g/mol. The second-order valence-electron chi connectivity index (χ2n) is 16.1. The number of nitrogens with one attached hydrogen (secondary N) is 4. The van der Waals surface area contributed by atoms with Gasteiger partial charge in [-0.15, -0.1) is 11.3 Å². The summed E-state index contributed by atoms with van der Waals surface area (Å²) in [6.45, 7) is 6.82. The number of hydrogen-bond donors (Lipinski definition) is 5. The fourth-order valence-corrected chi connectivity index (χ4v) is 8.19. The number of aliphatic hydroxyl groups excluding tert-OH is 1. The lowest BCUT2D eigenvalue weighted by Gasteiger charge is -2.35. The van der Waals surface area contributed by atoms with Gasteiger partial charge in [0, 0.05) is 39.1 Å². The molecule has 61 heavy (non-hydrogen) atoms. The van der Waals surface area contributed by atoms with Crippen molar-refractivity contribution in [1.82, 2.24) is 30.7 Å². The van der Waals surface area contributed by atoms with Crippen molar-refractivity contribution in [1.29, 1.82) is 0 Å². The van der Waals surface area contributed by atoms with Gasteiger partial charge in [0.2, 0.25) is 35.4 Å². The first-order valence-corrected chi connectivity index (χ1v) is 20.8. The molecule has 1 unspecified atom stereocenters. The van der Waals surface area contributed by atoms with E-state index in [9.17, 15) is 43.5 Å². The van der Waals surface area contributed by atoms with E-state index >= 15 is 0 Å². The Morgan fingerprint density at radius 1 is 0.984 bits per heavy atom. The molecule has 0 spiro atoms. The molecular formula is C42H49N7O11S. The van der Waals surface area contributed by atoms with Crippen LogP contribution < -0.4 is 21.3 Å². The maximum Gasteiger partial charge on any atom is 0.264 e. The lowest BCUT2D eigenvalue weighted by atomic mass is 9.85. The van der Waals surface area contributed by atoms with Gasteiger partial charge >= 0.3 is 0 Å². The Morgan fingerprint density at radius 2 is 1.69 bits per heavy atom. The number of likely N-dealkylation sites (tertiary alicyclic amines) is 1. The predicted molar refractivity (Wildman–Crippen MR) is 220 cm³/mol. The molecule has 3 aliphatic heterocycles. The van der Waals surface area contributed by atoms with E-state index in [2.05, 4.69) is 26.3 Å². The number of aromatic nitrogens is 1. The number of carbonyl (C=O) groups excluding carboxylic acids is 8. The number of anilines is 1. The zero-order chi connectivity index (χ0) is 44.0. The summed E-state index contributed by atoms with van der Waals surface area (Å²) in [5, 5.41) is 20.9. The van der Waals surface area contributed by atoms with Crippen LogP contribution in [0.25, 0.3) is 10.4 Å². The van der Waals surface area contributed by atoms with Crippen LogP contribution >= 0.6 is 11.3 Å². The van der Waals surface area contributed by atoms with Gasteiger partial charge in [-0.25, -0.2) is 4.98 Å². The summed E-state index contributed by atoms with van der Waals surface area (Å²) in [4.78, 5) is 111. The van der Waals surface area contributed by atoms with Crippen LogP contribution in [0.2, 0.25) is 0 Å². The highest BCUT2D eigenvalue weighted by atomic mass is 32.1. The van der Waals surface area contributed by atoms with E-state index in [1.165, 1.54) is 23.1 Å². The molecule has 0 bridgehead atoms. The SMILES string of the molecule is Cc1ncsc1-c1ccc(CNC(=O)[C@@H]2C[C@@H](O)CN2C(=O)[C@@H](NC(=O)COCCCOCC(=O)Nc2cccc3c2C(=O)N(C2CCC(=O)NC2=O)C3=O)C(C)(C)C)cc1. The number of thiazole rings is 1. The van der Waals surface area contributed by atoms with E-state index in [0.717, 1.165) is 26.6 Å². The number of aryl methyl sites for hydroxylation is 1. The van der Waals surface area contributed by atoms with Crippen LogP contribution in [0.4, 0.5) is 5.69 Å². The Morgan fingerprint density at radius 3 is 2.34 bits per heavy atom. The van der Waals surface area contributed by atoms with E-state index in [1.807, 2.05) is 31.2 Å². The zero-order valence-electron chi connectivity index (χ0n) is 34.3. The molecule has 5 N–H and O–H groups in total. The van der Waals surface area contributed by atoms with E-state index in [0.29, 0.717) is 6.42 Å². The highest BCUT2D eigenvalue weighted by molar-refractivity contribution is 7.13. The Hall–Kier alpha value is -5.89. The number of amides is 8. The molecule has 2 saturated heterocycles. The molecule has 19 heteroatoms. The number of rotatable bonds is 16. The average Bonchev–Trinajstić information content (AvgIpc) is 3.90. The van der Waals surface area contributed by atoms with Crippen molar-refractivity contribution in [2.45, 2.75) is 84.2 Å². The highest BCUT2D eigenvalue weighted by Crippen LogP contribution is 2.33. The van der Waals surface area contributed by atoms with Crippen molar-refractivity contribution in [3.8, 4) is 10.4 Å². The fourth-order valence-electron chi connectivity index (χ4n) is 7.38. The number of ether oxygens (including phenoxy) is 2. The fraction of sp³-hybridized carbons (Fsp3) is 0.452. The van der Waals surface area contributed by atoms with Gasteiger partial charge in [-0.1, -0.05) is 51.1 Å². The number of imide groups is 2. The third-order valence-corrected chi connectivity index (χ3v) is 11.5. The molecule has 4 atom stereocenters. The lowest BCUT2D eigenvalue weighted by Crippen LogP contribution is -2.58. The predicted octanol–water partition coefficient (Wildman–Crippen LogP) is 1.69. The molecule has 6 rings (SSSR count). The largest absolute Gasteiger partial charge is 0.391 e. The molecule has 8 amide bonds. The van der Waals surface area contributed by atoms with Gasteiger partial charge in [0.05, 0.1) is 39.0 Å². The number of nitrogens with zero attached hydrogens (tertiary/aromatic N) is 3. The van der Waals surface area contributed by atoms with Crippen molar-refractivity contribution in [3.63, 3.8) is 0 Å². The summed E-state index contributed by atoms with van der Waals surface area (Å²) < 4.78 is 10.9. The first kappa shape index (κ1) is 44.7. The van der Waals surface area contributed by atoms with Crippen LogP contribution in [0.1, 0.15) is 78.4 Å². The monoisotopic (exact) mass is 859 g/mol. The van der Waals surface area contributed by atoms with Gasteiger partial charge in [-0.3, -0.25) is 48.6 Å². The summed E-state index contributed by atoms with van der Waals surface area (Å²) >= 11 is 1.55. The lowest BCUT2D eigenvalue weighted by molar-refractivity contribution is -0.144. The van der Waals surface area contributed by atoms with Crippen molar-refractivity contribution >= 4 is 64.3 Å². The maximum absolute atomic E-state index is 13.9. The van der Waals surface area contributed by atoms with E-state index in [1.54, 1.807) is 37.6 Å². The van der Waals surface area contributed by atoms with Crippen LogP contribution in [-0.4, -0.2) is 124 Å². The summed E-state index contributed by atoms with van der Waals surface area (Å²) in [5.74, 6) is -4.78. The first-order chi connectivity index (χ1) is 29.0. The third kappa shape index (κ3) is 10.5. The Kier molecular flexibility index (Phi) is 14.1. The Balaban J connectivity index is 0.919. The Labute approximate surface area is 355 Å². The number of carbonyl (C=O) groups is 8. The summed E-state index contributed by atoms with van der Waals surface area (Å²) in [6, 6.07) is 8.99. The third-order valence-electron chi connectivity index (χ3n) is 10.5. The minimum Gasteiger partial charge on any atom is -0.391 e. The van der Waals surface area contributed by atoms with Crippen LogP contribution in [0.5, 0.6) is 0 Å². The minimum absolute atomic E-state index is 0.00339. The van der Waals surface area contributed by atoms with Gasteiger partial charge < -0.3 is 35.4 Å². The topological polar surface area (TPSA) is 243 Å². The van der Waals surface area contributed by atoms with E-state index in [-0.39, 0.29) is 69.0 Å². The first-order valence-electron chi connectivity index (χ1n) is 19.9. The second-order valence-corrected chi connectivity index (χ2v) is 17.0. The molecule has 1 aromatic heterocycles. The maximum atomic E-state index is 13.9. The normalized spacial score (nSPS) is 19.4. The number of β-amino-alcohol motifs (C(OH)–C–C–N with tert-alkyl or cyclic N) is 1. The molecule has 324 valence electrons. The highest BCUT2D eigenvalue weighted by Gasteiger charge is 2.46.